The maximum Gasteiger partial charge on any atom is 0.146 e. The monoisotopic (exact) mass is 403 g/mol. The maximum absolute atomic E-state index is 10.8. The van der Waals surface area contributed by atoms with E-state index in [9.17, 15) is 5.11 Å². The van der Waals surface area contributed by atoms with Crippen LogP contribution in [0.1, 0.15) is 36.5 Å². The molecule has 1 aromatic heterocycles. The molecule has 1 N–H and O–H groups in total. The van der Waals surface area contributed by atoms with Gasteiger partial charge in [-0.3, -0.25) is 0 Å². The highest BCUT2D eigenvalue weighted by molar-refractivity contribution is 7.99. The zero-order valence-electron chi connectivity index (χ0n) is 17.0. The Kier molecular flexibility index (Phi) is 5.58. The van der Waals surface area contributed by atoms with Gasteiger partial charge in [0.05, 0.1) is 0 Å². The van der Waals surface area contributed by atoms with Gasteiger partial charge in [-0.05, 0) is 74.2 Å². The van der Waals surface area contributed by atoms with Gasteiger partial charge in [0, 0.05) is 9.79 Å². The zero-order valence-corrected chi connectivity index (χ0v) is 17.8. The van der Waals surface area contributed by atoms with E-state index < -0.39 is 0 Å². The number of fused-ring (bicyclic) bond motifs is 1. The molecule has 0 saturated carbocycles. The molecule has 0 radical (unpaired) electrons. The Morgan fingerprint density at radius 1 is 0.862 bits per heavy atom. The van der Waals surface area contributed by atoms with E-state index in [1.807, 2.05) is 31.2 Å². The van der Waals surface area contributed by atoms with Gasteiger partial charge in [-0.2, -0.15) is 0 Å². The van der Waals surface area contributed by atoms with Crippen molar-refractivity contribution in [3.05, 3.63) is 71.3 Å². The summed E-state index contributed by atoms with van der Waals surface area (Å²) in [6.45, 7) is 6.28. The van der Waals surface area contributed by atoms with Crippen molar-refractivity contribution in [2.45, 2.75) is 49.8 Å². The molecule has 1 heterocycles. The highest BCUT2D eigenvalue weighted by atomic mass is 32.2. The third-order valence-corrected chi connectivity index (χ3v) is 5.93. The number of aryl methyl sites for hydroxylation is 3. The van der Waals surface area contributed by atoms with E-state index in [2.05, 4.69) is 54.4 Å². The summed E-state index contributed by atoms with van der Waals surface area (Å²) in [4.78, 5) is 3.87. The SMILES string of the molecule is CCCCc1cc(C)cc(-n2nc3ccc(Sc4ccc(C)cc4)cc3n2)c1O. The summed E-state index contributed by atoms with van der Waals surface area (Å²) in [5, 5.41) is 20.0. The maximum atomic E-state index is 10.8. The van der Waals surface area contributed by atoms with Crippen LogP contribution in [0.25, 0.3) is 16.7 Å². The van der Waals surface area contributed by atoms with Crippen molar-refractivity contribution in [2.75, 3.05) is 0 Å². The van der Waals surface area contributed by atoms with Crippen LogP contribution in [0.3, 0.4) is 0 Å². The second-order valence-electron chi connectivity index (χ2n) is 7.45. The minimum atomic E-state index is 0.276. The van der Waals surface area contributed by atoms with Crippen molar-refractivity contribution in [2.24, 2.45) is 0 Å². The molecular formula is C24H25N3OS. The highest BCUT2D eigenvalue weighted by Gasteiger charge is 2.14. The molecule has 4 aromatic rings. The number of aromatic hydroxyl groups is 1. The van der Waals surface area contributed by atoms with Crippen molar-refractivity contribution in [3.63, 3.8) is 0 Å². The topological polar surface area (TPSA) is 50.9 Å². The Labute approximate surface area is 175 Å². The Morgan fingerprint density at radius 3 is 2.34 bits per heavy atom. The normalized spacial score (nSPS) is 11.3. The van der Waals surface area contributed by atoms with Gasteiger partial charge < -0.3 is 5.11 Å². The van der Waals surface area contributed by atoms with Gasteiger partial charge >= 0.3 is 0 Å². The number of unbranched alkanes of at least 4 members (excludes halogenated alkanes) is 1. The summed E-state index contributed by atoms with van der Waals surface area (Å²) < 4.78 is 0. The average Bonchev–Trinajstić information content (AvgIpc) is 3.13. The van der Waals surface area contributed by atoms with Gasteiger partial charge in [-0.1, -0.05) is 48.9 Å². The number of phenolic OH excluding ortho intramolecular Hbond substituents is 1. The van der Waals surface area contributed by atoms with E-state index in [0.717, 1.165) is 46.3 Å². The predicted molar refractivity (Wildman–Crippen MR) is 119 cm³/mol. The predicted octanol–water partition coefficient (Wildman–Crippen LogP) is 6.24. The molecule has 29 heavy (non-hydrogen) atoms. The molecule has 0 aliphatic heterocycles. The number of nitrogens with zero attached hydrogens (tertiary/aromatic N) is 3. The van der Waals surface area contributed by atoms with Crippen molar-refractivity contribution < 1.29 is 5.11 Å². The lowest BCUT2D eigenvalue weighted by Crippen LogP contribution is -2.02. The average molecular weight is 404 g/mol. The standard InChI is InChI=1S/C24H25N3OS/c1-4-5-6-18-13-17(3)14-23(24(18)28)27-25-21-12-11-20(15-22(21)26-27)29-19-9-7-16(2)8-10-19/h7-15,28H,4-6H2,1-3H3. The molecule has 0 aliphatic carbocycles. The molecule has 0 amide bonds. The molecule has 0 spiro atoms. The van der Waals surface area contributed by atoms with E-state index in [1.165, 1.54) is 10.5 Å². The Bertz CT molecular complexity index is 1150. The number of aromatic nitrogens is 3. The van der Waals surface area contributed by atoms with E-state index in [4.69, 9.17) is 0 Å². The molecule has 5 heteroatoms. The van der Waals surface area contributed by atoms with Crippen LogP contribution in [0, 0.1) is 13.8 Å². The van der Waals surface area contributed by atoms with Crippen molar-refractivity contribution in [1.29, 1.82) is 0 Å². The third-order valence-electron chi connectivity index (χ3n) is 4.94. The smallest absolute Gasteiger partial charge is 0.146 e. The highest BCUT2D eigenvalue weighted by Crippen LogP contribution is 2.32. The van der Waals surface area contributed by atoms with Crippen LogP contribution in [-0.4, -0.2) is 20.1 Å². The van der Waals surface area contributed by atoms with Gasteiger partial charge in [-0.25, -0.2) is 0 Å². The molecule has 0 bridgehead atoms. The summed E-state index contributed by atoms with van der Waals surface area (Å²) in [5.74, 6) is 0.276. The first-order valence-electron chi connectivity index (χ1n) is 9.98. The van der Waals surface area contributed by atoms with E-state index in [1.54, 1.807) is 16.6 Å². The van der Waals surface area contributed by atoms with E-state index in [-0.39, 0.29) is 5.75 Å². The first kappa shape index (κ1) is 19.5. The van der Waals surface area contributed by atoms with Gasteiger partial charge in [0.1, 0.15) is 22.5 Å². The summed E-state index contributed by atoms with van der Waals surface area (Å²) >= 11 is 1.71. The van der Waals surface area contributed by atoms with Crippen LogP contribution in [0.15, 0.2) is 64.4 Å². The lowest BCUT2D eigenvalue weighted by atomic mass is 10.0. The van der Waals surface area contributed by atoms with Crippen LogP contribution >= 0.6 is 11.8 Å². The quantitative estimate of drug-likeness (QED) is 0.414. The van der Waals surface area contributed by atoms with Crippen molar-refractivity contribution in [1.82, 2.24) is 15.0 Å². The van der Waals surface area contributed by atoms with E-state index in [0.29, 0.717) is 5.69 Å². The van der Waals surface area contributed by atoms with E-state index >= 15 is 0 Å². The largest absolute Gasteiger partial charge is 0.505 e. The second-order valence-corrected chi connectivity index (χ2v) is 8.60. The molecule has 4 rings (SSSR count). The molecular weight excluding hydrogens is 378 g/mol. The fourth-order valence-electron chi connectivity index (χ4n) is 3.35. The van der Waals surface area contributed by atoms with Gasteiger partial charge in [-0.15, -0.1) is 15.0 Å². The second kappa shape index (κ2) is 8.29. The first-order valence-corrected chi connectivity index (χ1v) is 10.8. The summed E-state index contributed by atoms with van der Waals surface area (Å²) in [6.07, 6.45) is 2.99. The Morgan fingerprint density at radius 2 is 1.59 bits per heavy atom. The van der Waals surface area contributed by atoms with Crippen LogP contribution in [-0.2, 0) is 6.42 Å². The first-order chi connectivity index (χ1) is 14.0. The molecule has 0 unspecified atom stereocenters. The van der Waals surface area contributed by atoms with Crippen LogP contribution < -0.4 is 0 Å². The molecule has 4 nitrogen and oxygen atoms in total. The minimum absolute atomic E-state index is 0.276. The van der Waals surface area contributed by atoms with Crippen LogP contribution in [0.5, 0.6) is 5.75 Å². The summed E-state index contributed by atoms with van der Waals surface area (Å²) in [6, 6.07) is 18.6. The molecule has 148 valence electrons. The number of benzene rings is 3. The number of phenols is 1. The summed E-state index contributed by atoms with van der Waals surface area (Å²) in [7, 11) is 0. The lowest BCUT2D eigenvalue weighted by molar-refractivity contribution is 0.459. The number of hydrogen-bond donors (Lipinski definition) is 1. The van der Waals surface area contributed by atoms with Crippen molar-refractivity contribution in [3.8, 4) is 11.4 Å². The fourth-order valence-corrected chi connectivity index (χ4v) is 4.20. The van der Waals surface area contributed by atoms with Gasteiger partial charge in [0.15, 0.2) is 0 Å². The fraction of sp³-hybridized carbons (Fsp3) is 0.250. The Balaban J connectivity index is 1.67. The number of rotatable bonds is 6. The number of hydrogen-bond acceptors (Lipinski definition) is 4. The molecule has 0 atom stereocenters. The molecule has 0 saturated heterocycles. The molecule has 0 aliphatic rings. The van der Waals surface area contributed by atoms with Gasteiger partial charge in [0.2, 0.25) is 0 Å². The summed E-state index contributed by atoms with van der Waals surface area (Å²) in [5.41, 5.74) is 5.58. The van der Waals surface area contributed by atoms with Gasteiger partial charge in [0.25, 0.3) is 0 Å². The molecule has 3 aromatic carbocycles. The zero-order chi connectivity index (χ0) is 20.4. The van der Waals surface area contributed by atoms with Crippen molar-refractivity contribution >= 4 is 22.8 Å². The van der Waals surface area contributed by atoms with Crippen LogP contribution in [0.2, 0.25) is 0 Å². The van der Waals surface area contributed by atoms with Crippen LogP contribution in [0.4, 0.5) is 0 Å². The lowest BCUT2D eigenvalue weighted by Gasteiger charge is -2.10. The minimum Gasteiger partial charge on any atom is -0.505 e. The molecule has 0 fully saturated rings. The third kappa shape index (κ3) is 4.30. The Hall–Kier alpha value is -2.79.